The van der Waals surface area contributed by atoms with Crippen molar-refractivity contribution in [2.45, 2.75) is 19.0 Å². The van der Waals surface area contributed by atoms with E-state index in [0.717, 1.165) is 10.4 Å². The first kappa shape index (κ1) is 16.2. The fourth-order valence-corrected chi connectivity index (χ4v) is 3.41. The lowest BCUT2D eigenvalue weighted by atomic mass is 10.0. The second-order valence-corrected chi connectivity index (χ2v) is 6.57. The van der Waals surface area contributed by atoms with Gasteiger partial charge in [-0.25, -0.2) is 4.79 Å². The number of benzene rings is 1. The molecule has 0 saturated carbocycles. The van der Waals surface area contributed by atoms with Crippen molar-refractivity contribution < 1.29 is 19.5 Å². The van der Waals surface area contributed by atoms with Gasteiger partial charge in [0.25, 0.3) is 0 Å². The van der Waals surface area contributed by atoms with E-state index in [1.165, 1.54) is 12.1 Å². The van der Waals surface area contributed by atoms with Crippen LogP contribution in [0.15, 0.2) is 41.8 Å². The summed E-state index contributed by atoms with van der Waals surface area (Å²) in [6.45, 7) is 0.273. The summed E-state index contributed by atoms with van der Waals surface area (Å²) in [6.07, 6.45) is 0.475. The molecule has 2 aromatic rings. The zero-order valence-electron chi connectivity index (χ0n) is 12.8. The van der Waals surface area contributed by atoms with Crippen LogP contribution in [0.5, 0.6) is 0 Å². The Morgan fingerprint density at radius 1 is 1.25 bits per heavy atom. The van der Waals surface area contributed by atoms with Crippen LogP contribution in [-0.4, -0.2) is 40.4 Å². The van der Waals surface area contributed by atoms with Crippen LogP contribution in [-0.2, 0) is 22.6 Å². The number of aromatic carboxylic acids is 1. The van der Waals surface area contributed by atoms with Gasteiger partial charge in [-0.1, -0.05) is 18.2 Å². The lowest BCUT2D eigenvalue weighted by Crippen LogP contribution is -2.58. The molecule has 0 spiro atoms. The zero-order valence-corrected chi connectivity index (χ0v) is 13.6. The van der Waals surface area contributed by atoms with Crippen molar-refractivity contribution in [2.24, 2.45) is 0 Å². The predicted octanol–water partition coefficient (Wildman–Crippen LogP) is 1.52. The normalized spacial score (nSPS) is 17.7. The number of rotatable bonds is 5. The maximum absolute atomic E-state index is 12.3. The number of carboxylic acids is 1. The Kier molecular flexibility index (Phi) is 4.61. The Morgan fingerprint density at radius 2 is 2.00 bits per heavy atom. The molecular formula is C17H16N2O4S. The highest BCUT2D eigenvalue weighted by Gasteiger charge is 2.34. The third kappa shape index (κ3) is 3.46. The second-order valence-electron chi connectivity index (χ2n) is 5.54. The van der Waals surface area contributed by atoms with Crippen LogP contribution < -0.4 is 5.32 Å². The van der Waals surface area contributed by atoms with Crippen LogP contribution in [0.4, 0.5) is 0 Å². The number of carbonyl (C=O) groups is 3. The number of nitrogens with one attached hydrogen (secondary N) is 1. The van der Waals surface area contributed by atoms with Gasteiger partial charge >= 0.3 is 5.97 Å². The van der Waals surface area contributed by atoms with Gasteiger partial charge < -0.3 is 15.3 Å². The standard InChI is InChI=1S/C17H16N2O4S/c20-15-9-18-16(21)14(8-13-2-1-7-24-13)19(15)10-11-3-5-12(6-4-11)17(22)23/h1-7,14H,8-10H2,(H,18,21)(H,22,23). The van der Waals surface area contributed by atoms with E-state index in [0.29, 0.717) is 6.42 Å². The third-order valence-electron chi connectivity index (χ3n) is 3.94. The summed E-state index contributed by atoms with van der Waals surface area (Å²) < 4.78 is 0. The molecule has 7 heteroatoms. The maximum atomic E-state index is 12.3. The van der Waals surface area contributed by atoms with Crippen molar-refractivity contribution >= 4 is 29.1 Å². The van der Waals surface area contributed by atoms with E-state index in [2.05, 4.69) is 5.32 Å². The summed E-state index contributed by atoms with van der Waals surface area (Å²) >= 11 is 1.55. The van der Waals surface area contributed by atoms with Crippen molar-refractivity contribution in [1.82, 2.24) is 10.2 Å². The van der Waals surface area contributed by atoms with Crippen LogP contribution >= 0.6 is 11.3 Å². The van der Waals surface area contributed by atoms with Gasteiger partial charge in [0, 0.05) is 17.8 Å². The smallest absolute Gasteiger partial charge is 0.335 e. The molecule has 2 amide bonds. The highest BCUT2D eigenvalue weighted by molar-refractivity contribution is 7.09. The predicted molar refractivity (Wildman–Crippen MR) is 88.8 cm³/mol. The highest BCUT2D eigenvalue weighted by Crippen LogP contribution is 2.19. The SMILES string of the molecule is O=C(O)c1ccc(CN2C(=O)CNC(=O)C2Cc2cccs2)cc1. The number of piperazine rings is 1. The van der Waals surface area contributed by atoms with Gasteiger partial charge in [-0.3, -0.25) is 9.59 Å². The van der Waals surface area contributed by atoms with Gasteiger partial charge in [-0.2, -0.15) is 0 Å². The van der Waals surface area contributed by atoms with Gasteiger partial charge in [0.05, 0.1) is 12.1 Å². The van der Waals surface area contributed by atoms with E-state index >= 15 is 0 Å². The monoisotopic (exact) mass is 344 g/mol. The molecule has 0 radical (unpaired) electrons. The highest BCUT2D eigenvalue weighted by atomic mass is 32.1. The molecule has 1 aromatic heterocycles. The summed E-state index contributed by atoms with van der Waals surface area (Å²) in [6, 6.07) is 9.65. The molecule has 1 aromatic carbocycles. The van der Waals surface area contributed by atoms with Crippen LogP contribution in [0.25, 0.3) is 0 Å². The quantitative estimate of drug-likeness (QED) is 0.861. The zero-order chi connectivity index (χ0) is 17.1. The average Bonchev–Trinajstić information content (AvgIpc) is 3.08. The average molecular weight is 344 g/mol. The molecule has 3 rings (SSSR count). The van der Waals surface area contributed by atoms with E-state index in [1.807, 2.05) is 17.5 Å². The van der Waals surface area contributed by atoms with E-state index in [9.17, 15) is 14.4 Å². The summed E-state index contributed by atoms with van der Waals surface area (Å²) in [5, 5.41) is 13.5. The Balaban J connectivity index is 1.80. The summed E-state index contributed by atoms with van der Waals surface area (Å²) in [5.41, 5.74) is 0.982. The molecule has 0 bridgehead atoms. The third-order valence-corrected chi connectivity index (χ3v) is 4.84. The number of amides is 2. The number of thiophene rings is 1. The Bertz CT molecular complexity index is 755. The van der Waals surface area contributed by atoms with E-state index in [-0.39, 0.29) is 30.5 Å². The van der Waals surface area contributed by atoms with E-state index < -0.39 is 12.0 Å². The number of nitrogens with zero attached hydrogens (tertiary/aromatic N) is 1. The lowest BCUT2D eigenvalue weighted by Gasteiger charge is -2.35. The molecule has 2 N–H and O–H groups in total. The van der Waals surface area contributed by atoms with E-state index in [1.54, 1.807) is 28.4 Å². The first-order valence-electron chi connectivity index (χ1n) is 7.46. The molecule has 1 fully saturated rings. The Labute approximate surface area is 142 Å². The summed E-state index contributed by atoms with van der Waals surface area (Å²) in [4.78, 5) is 38.0. The molecular weight excluding hydrogens is 328 g/mol. The number of hydrogen-bond donors (Lipinski definition) is 2. The number of carboxylic acid groups (broad SMARTS) is 1. The van der Waals surface area contributed by atoms with Gasteiger partial charge in [0.2, 0.25) is 11.8 Å². The van der Waals surface area contributed by atoms with Crippen LogP contribution in [0.1, 0.15) is 20.8 Å². The molecule has 1 aliphatic heterocycles. The first-order valence-corrected chi connectivity index (χ1v) is 8.34. The molecule has 1 saturated heterocycles. The van der Waals surface area contributed by atoms with Gasteiger partial charge in [-0.05, 0) is 29.1 Å². The summed E-state index contributed by atoms with van der Waals surface area (Å²) in [5.74, 6) is -1.30. The van der Waals surface area contributed by atoms with Crippen molar-refractivity contribution in [2.75, 3.05) is 6.54 Å². The molecule has 0 aliphatic carbocycles. The molecule has 1 aliphatic rings. The Morgan fingerprint density at radius 3 is 2.62 bits per heavy atom. The van der Waals surface area contributed by atoms with Crippen molar-refractivity contribution in [1.29, 1.82) is 0 Å². The first-order chi connectivity index (χ1) is 11.5. The summed E-state index contributed by atoms with van der Waals surface area (Å²) in [7, 11) is 0. The lowest BCUT2D eigenvalue weighted by molar-refractivity contribution is -0.146. The minimum atomic E-state index is -0.995. The fraction of sp³-hybridized carbons (Fsp3) is 0.235. The number of carbonyl (C=O) groups excluding carboxylic acids is 2. The molecule has 6 nitrogen and oxygen atoms in total. The van der Waals surface area contributed by atoms with Crippen molar-refractivity contribution in [3.8, 4) is 0 Å². The largest absolute Gasteiger partial charge is 0.478 e. The molecule has 124 valence electrons. The van der Waals surface area contributed by atoms with Gasteiger partial charge in [-0.15, -0.1) is 11.3 Å². The van der Waals surface area contributed by atoms with Crippen molar-refractivity contribution in [3.05, 3.63) is 57.8 Å². The molecule has 24 heavy (non-hydrogen) atoms. The van der Waals surface area contributed by atoms with Crippen LogP contribution in [0, 0.1) is 0 Å². The van der Waals surface area contributed by atoms with Crippen LogP contribution in [0.3, 0.4) is 0 Å². The minimum absolute atomic E-state index is 0.00696. The maximum Gasteiger partial charge on any atom is 0.335 e. The van der Waals surface area contributed by atoms with E-state index in [4.69, 9.17) is 5.11 Å². The fourth-order valence-electron chi connectivity index (χ4n) is 2.67. The molecule has 1 atom stereocenters. The molecule has 2 heterocycles. The number of hydrogen-bond acceptors (Lipinski definition) is 4. The van der Waals surface area contributed by atoms with Crippen molar-refractivity contribution in [3.63, 3.8) is 0 Å². The van der Waals surface area contributed by atoms with Crippen LogP contribution in [0.2, 0.25) is 0 Å². The minimum Gasteiger partial charge on any atom is -0.478 e. The van der Waals surface area contributed by atoms with Gasteiger partial charge in [0.1, 0.15) is 6.04 Å². The topological polar surface area (TPSA) is 86.7 Å². The van der Waals surface area contributed by atoms with Gasteiger partial charge in [0.15, 0.2) is 0 Å². The molecule has 1 unspecified atom stereocenters. The second kappa shape index (κ2) is 6.84. The Hall–Kier alpha value is -2.67.